The molecule has 142 valence electrons. The van der Waals surface area contributed by atoms with Crippen molar-refractivity contribution in [2.45, 2.75) is 58.3 Å². The lowest BCUT2D eigenvalue weighted by Crippen LogP contribution is -2.34. The van der Waals surface area contributed by atoms with Crippen LogP contribution in [-0.4, -0.2) is 16.2 Å². The van der Waals surface area contributed by atoms with Gasteiger partial charge in [-0.05, 0) is 71.6 Å². The zero-order valence-electron chi connectivity index (χ0n) is 16.6. The third kappa shape index (κ3) is 3.79. The number of halogens is 1. The number of carbonyl (C=O) groups is 1. The van der Waals surface area contributed by atoms with Crippen LogP contribution in [0.25, 0.3) is 0 Å². The first kappa shape index (κ1) is 19.6. The lowest BCUT2D eigenvalue weighted by molar-refractivity contribution is 0.0696. The fourth-order valence-electron chi connectivity index (χ4n) is 3.85. The molecule has 0 bridgehead atoms. The Morgan fingerprint density at radius 3 is 2.22 bits per heavy atom. The number of rotatable bonds is 3. The maximum Gasteiger partial charge on any atom is 0.335 e. The number of aryl methyl sites for hydroxylation is 1. The molecule has 2 aromatic rings. The summed E-state index contributed by atoms with van der Waals surface area (Å²) in [5.41, 5.74) is 5.48. The second kappa shape index (κ2) is 6.79. The summed E-state index contributed by atoms with van der Waals surface area (Å²) in [5.74, 6) is -0.936. The maximum absolute atomic E-state index is 11.2. The summed E-state index contributed by atoms with van der Waals surface area (Å²) >= 11 is 6.54. The number of nitrogens with zero attached hydrogens (tertiary/aromatic N) is 1. The van der Waals surface area contributed by atoms with Crippen molar-refractivity contribution in [3.8, 4) is 0 Å². The second-order valence-electron chi connectivity index (χ2n) is 8.74. The van der Waals surface area contributed by atoms with Crippen LogP contribution in [0.1, 0.15) is 73.1 Å². The SMILES string of the molecule is Cc1cc(N=C(Cl)c2ccc3c(c2)C(C)(C)CCC3(C)C)ccc1C(=O)O. The average Bonchev–Trinajstić information content (AvgIpc) is 2.58. The standard InChI is InChI=1S/C23H26ClNO2/c1-14-12-16(7-8-17(14)21(26)27)25-20(24)15-6-9-18-19(13-15)23(4,5)11-10-22(18,2)3/h6-9,12-13H,10-11H2,1-5H3,(H,26,27). The number of hydrogen-bond donors (Lipinski definition) is 1. The Balaban J connectivity index is 2.01. The number of aliphatic imine (C=N–C) groups is 1. The van der Waals surface area contributed by atoms with E-state index in [0.717, 1.165) is 12.0 Å². The number of aromatic carboxylic acids is 1. The molecule has 4 heteroatoms. The third-order valence-corrected chi connectivity index (χ3v) is 6.06. The summed E-state index contributed by atoms with van der Waals surface area (Å²) in [7, 11) is 0. The number of hydrogen-bond acceptors (Lipinski definition) is 2. The van der Waals surface area contributed by atoms with Gasteiger partial charge >= 0.3 is 5.97 Å². The molecule has 0 aliphatic heterocycles. The molecule has 0 atom stereocenters. The molecule has 0 saturated carbocycles. The van der Waals surface area contributed by atoms with Crippen LogP contribution in [0.2, 0.25) is 0 Å². The van der Waals surface area contributed by atoms with Crippen LogP contribution in [0, 0.1) is 6.92 Å². The van der Waals surface area contributed by atoms with Crippen molar-refractivity contribution in [2.75, 3.05) is 0 Å². The van der Waals surface area contributed by atoms with E-state index in [4.69, 9.17) is 16.7 Å². The van der Waals surface area contributed by atoms with Gasteiger partial charge in [0.15, 0.2) is 0 Å². The molecule has 3 nitrogen and oxygen atoms in total. The summed E-state index contributed by atoms with van der Waals surface area (Å²) in [5, 5.41) is 9.57. The van der Waals surface area contributed by atoms with Crippen LogP contribution >= 0.6 is 11.6 Å². The summed E-state index contributed by atoms with van der Waals surface area (Å²) in [4.78, 5) is 15.7. The predicted molar refractivity (Wildman–Crippen MR) is 112 cm³/mol. The van der Waals surface area contributed by atoms with Crippen LogP contribution in [0.4, 0.5) is 5.69 Å². The van der Waals surface area contributed by atoms with E-state index in [1.807, 2.05) is 6.07 Å². The molecule has 1 aliphatic carbocycles. The first-order chi connectivity index (χ1) is 12.5. The highest BCUT2D eigenvalue weighted by atomic mass is 35.5. The van der Waals surface area contributed by atoms with Crippen LogP contribution in [0.5, 0.6) is 0 Å². The minimum atomic E-state index is -0.936. The Morgan fingerprint density at radius 2 is 1.63 bits per heavy atom. The lowest BCUT2D eigenvalue weighted by atomic mass is 9.63. The minimum Gasteiger partial charge on any atom is -0.478 e. The summed E-state index contributed by atoms with van der Waals surface area (Å²) < 4.78 is 0. The molecule has 2 aromatic carbocycles. The molecular formula is C23H26ClNO2. The van der Waals surface area contributed by atoms with Crippen LogP contribution < -0.4 is 0 Å². The topological polar surface area (TPSA) is 49.7 Å². The van der Waals surface area contributed by atoms with Crippen LogP contribution in [-0.2, 0) is 10.8 Å². The zero-order chi connectivity index (χ0) is 20.0. The molecule has 0 saturated heterocycles. The lowest BCUT2D eigenvalue weighted by Gasteiger charge is -2.42. The van der Waals surface area contributed by atoms with E-state index in [1.54, 1.807) is 25.1 Å². The van der Waals surface area contributed by atoms with Crippen molar-refractivity contribution in [1.82, 2.24) is 0 Å². The first-order valence-electron chi connectivity index (χ1n) is 9.25. The van der Waals surface area contributed by atoms with Crippen molar-refractivity contribution in [2.24, 2.45) is 4.99 Å². The van der Waals surface area contributed by atoms with Gasteiger partial charge < -0.3 is 5.11 Å². The van der Waals surface area contributed by atoms with Gasteiger partial charge in [0.1, 0.15) is 5.17 Å². The Hall–Kier alpha value is -2.13. The van der Waals surface area contributed by atoms with Gasteiger partial charge in [0, 0.05) is 5.56 Å². The van der Waals surface area contributed by atoms with E-state index < -0.39 is 5.97 Å². The van der Waals surface area contributed by atoms with Gasteiger partial charge in [-0.2, -0.15) is 0 Å². The molecule has 0 amide bonds. The summed E-state index contributed by atoms with van der Waals surface area (Å²) in [6.07, 6.45) is 2.31. The van der Waals surface area contributed by atoms with Crippen molar-refractivity contribution >= 4 is 28.4 Å². The number of carboxylic acids is 1. The van der Waals surface area contributed by atoms with E-state index >= 15 is 0 Å². The first-order valence-corrected chi connectivity index (χ1v) is 9.63. The largest absolute Gasteiger partial charge is 0.478 e. The second-order valence-corrected chi connectivity index (χ2v) is 9.09. The van der Waals surface area contributed by atoms with Gasteiger partial charge in [0.05, 0.1) is 11.3 Å². The van der Waals surface area contributed by atoms with Gasteiger partial charge in [0.2, 0.25) is 0 Å². The van der Waals surface area contributed by atoms with Crippen molar-refractivity contribution in [3.63, 3.8) is 0 Å². The molecule has 0 aromatic heterocycles. The fourth-order valence-corrected chi connectivity index (χ4v) is 4.07. The molecule has 27 heavy (non-hydrogen) atoms. The van der Waals surface area contributed by atoms with Gasteiger partial charge in [0.25, 0.3) is 0 Å². The Kier molecular flexibility index (Phi) is 4.94. The van der Waals surface area contributed by atoms with Crippen molar-refractivity contribution in [3.05, 3.63) is 64.2 Å². The van der Waals surface area contributed by atoms with E-state index in [1.165, 1.54) is 17.5 Å². The predicted octanol–water partition coefficient (Wildman–Crippen LogP) is 6.36. The highest BCUT2D eigenvalue weighted by Crippen LogP contribution is 2.46. The fraction of sp³-hybridized carbons (Fsp3) is 0.391. The minimum absolute atomic E-state index is 0.109. The van der Waals surface area contributed by atoms with E-state index in [9.17, 15) is 4.79 Å². The van der Waals surface area contributed by atoms with Gasteiger partial charge in [-0.15, -0.1) is 0 Å². The molecule has 1 aliphatic rings. The van der Waals surface area contributed by atoms with E-state index in [2.05, 4.69) is 44.8 Å². The molecule has 0 heterocycles. The van der Waals surface area contributed by atoms with E-state index in [0.29, 0.717) is 16.4 Å². The molecule has 3 rings (SSSR count). The zero-order valence-corrected chi connectivity index (χ0v) is 17.3. The van der Waals surface area contributed by atoms with E-state index in [-0.39, 0.29) is 16.4 Å². The van der Waals surface area contributed by atoms with Gasteiger partial charge in [-0.1, -0.05) is 51.4 Å². The number of benzene rings is 2. The molecule has 1 N–H and O–H groups in total. The average molecular weight is 384 g/mol. The number of fused-ring (bicyclic) bond motifs is 1. The monoisotopic (exact) mass is 383 g/mol. The number of carboxylic acid groups (broad SMARTS) is 1. The summed E-state index contributed by atoms with van der Waals surface area (Å²) in [6, 6.07) is 11.4. The molecule has 0 spiro atoms. The van der Waals surface area contributed by atoms with Crippen LogP contribution in [0.15, 0.2) is 41.4 Å². The summed E-state index contributed by atoms with van der Waals surface area (Å²) in [6.45, 7) is 10.9. The Labute approximate surface area is 166 Å². The smallest absolute Gasteiger partial charge is 0.335 e. The van der Waals surface area contributed by atoms with Gasteiger partial charge in [-0.25, -0.2) is 9.79 Å². The molecule has 0 radical (unpaired) electrons. The Bertz CT molecular complexity index is 941. The molecule has 0 fully saturated rings. The van der Waals surface area contributed by atoms with Crippen LogP contribution in [0.3, 0.4) is 0 Å². The normalized spacial score (nSPS) is 18.1. The van der Waals surface area contributed by atoms with Gasteiger partial charge in [-0.3, -0.25) is 0 Å². The highest BCUT2D eigenvalue weighted by Gasteiger charge is 2.37. The maximum atomic E-state index is 11.2. The van der Waals surface area contributed by atoms with Crippen molar-refractivity contribution < 1.29 is 9.90 Å². The molecular weight excluding hydrogens is 358 g/mol. The molecule has 0 unspecified atom stereocenters. The van der Waals surface area contributed by atoms with Crippen molar-refractivity contribution in [1.29, 1.82) is 0 Å². The Morgan fingerprint density at radius 1 is 1.00 bits per heavy atom. The third-order valence-electron chi connectivity index (χ3n) is 5.76. The quantitative estimate of drug-likeness (QED) is 0.627. The highest BCUT2D eigenvalue weighted by molar-refractivity contribution is 6.69.